The predicted molar refractivity (Wildman–Crippen MR) is 96.0 cm³/mol. The molecule has 2 rings (SSSR count). The first-order valence-electron chi connectivity index (χ1n) is 8.28. The van der Waals surface area contributed by atoms with Gasteiger partial charge in [-0.25, -0.2) is 0 Å². The van der Waals surface area contributed by atoms with Crippen molar-refractivity contribution < 1.29 is 14.3 Å². The van der Waals surface area contributed by atoms with Gasteiger partial charge in [0.1, 0.15) is 18.1 Å². The monoisotopic (exact) mass is 327 g/mol. The number of rotatable bonds is 8. The third-order valence-corrected chi connectivity index (χ3v) is 3.78. The first-order valence-corrected chi connectivity index (χ1v) is 8.28. The van der Waals surface area contributed by atoms with E-state index in [9.17, 15) is 4.79 Å². The fraction of sp³-hybridized carbons (Fsp3) is 0.350. The second-order valence-electron chi connectivity index (χ2n) is 5.68. The molecule has 2 aromatic carbocycles. The van der Waals surface area contributed by atoms with E-state index in [1.165, 1.54) is 5.56 Å². The standard InChI is InChI=1S/C20H25NO3/c1-4-5-16-6-9-18(10-7-16)24-13-12-21-20(22)17-8-11-19(23-3)15(2)14-17/h6-11,14H,4-5,12-13H2,1-3H3,(H,21,22). The molecule has 2 aromatic rings. The highest BCUT2D eigenvalue weighted by atomic mass is 16.5. The number of carbonyl (C=O) groups is 1. The number of methoxy groups -OCH3 is 1. The summed E-state index contributed by atoms with van der Waals surface area (Å²) in [7, 11) is 1.62. The zero-order valence-corrected chi connectivity index (χ0v) is 14.6. The number of hydrogen-bond donors (Lipinski definition) is 1. The number of ether oxygens (including phenoxy) is 2. The molecule has 0 fully saturated rings. The van der Waals surface area contributed by atoms with Crippen LogP contribution in [0.25, 0.3) is 0 Å². The van der Waals surface area contributed by atoms with Gasteiger partial charge in [-0.05, 0) is 54.8 Å². The minimum Gasteiger partial charge on any atom is -0.496 e. The molecule has 0 aliphatic rings. The minimum atomic E-state index is -0.109. The quantitative estimate of drug-likeness (QED) is 0.751. The van der Waals surface area contributed by atoms with Crippen LogP contribution in [0.2, 0.25) is 0 Å². The number of amides is 1. The zero-order valence-electron chi connectivity index (χ0n) is 14.6. The highest BCUT2D eigenvalue weighted by molar-refractivity contribution is 5.94. The molecule has 24 heavy (non-hydrogen) atoms. The summed E-state index contributed by atoms with van der Waals surface area (Å²) in [6, 6.07) is 13.5. The summed E-state index contributed by atoms with van der Waals surface area (Å²) in [5.41, 5.74) is 2.87. The molecule has 4 nitrogen and oxygen atoms in total. The SMILES string of the molecule is CCCc1ccc(OCCNC(=O)c2ccc(OC)c(C)c2)cc1. The van der Waals surface area contributed by atoms with Crippen LogP contribution >= 0.6 is 0 Å². The van der Waals surface area contributed by atoms with Crippen LogP contribution in [0.3, 0.4) is 0 Å². The molecule has 0 bridgehead atoms. The van der Waals surface area contributed by atoms with E-state index in [2.05, 4.69) is 24.4 Å². The van der Waals surface area contributed by atoms with Gasteiger partial charge in [-0.3, -0.25) is 4.79 Å². The predicted octanol–water partition coefficient (Wildman–Crippen LogP) is 3.76. The molecule has 0 heterocycles. The average Bonchev–Trinajstić information content (AvgIpc) is 2.60. The summed E-state index contributed by atoms with van der Waals surface area (Å²) in [5.74, 6) is 1.49. The van der Waals surface area contributed by atoms with Gasteiger partial charge in [0, 0.05) is 5.56 Å². The Bertz CT molecular complexity index is 665. The van der Waals surface area contributed by atoms with E-state index in [0.717, 1.165) is 29.9 Å². The van der Waals surface area contributed by atoms with Crippen LogP contribution in [0.5, 0.6) is 11.5 Å². The van der Waals surface area contributed by atoms with Gasteiger partial charge >= 0.3 is 0 Å². The van der Waals surface area contributed by atoms with Crippen molar-refractivity contribution in [1.82, 2.24) is 5.32 Å². The highest BCUT2D eigenvalue weighted by Gasteiger charge is 2.07. The topological polar surface area (TPSA) is 47.6 Å². The lowest BCUT2D eigenvalue weighted by Crippen LogP contribution is -2.28. The first kappa shape index (κ1) is 17.9. The fourth-order valence-corrected chi connectivity index (χ4v) is 2.50. The van der Waals surface area contributed by atoms with Crippen molar-refractivity contribution in [2.24, 2.45) is 0 Å². The third kappa shape index (κ3) is 5.01. The van der Waals surface area contributed by atoms with Crippen molar-refractivity contribution in [3.05, 3.63) is 59.2 Å². The first-order chi connectivity index (χ1) is 11.6. The summed E-state index contributed by atoms with van der Waals surface area (Å²) in [6.45, 7) is 4.98. The Labute approximate surface area is 143 Å². The second-order valence-corrected chi connectivity index (χ2v) is 5.68. The molecule has 1 amide bonds. The Kier molecular flexibility index (Phi) is 6.67. The molecule has 0 saturated carbocycles. The largest absolute Gasteiger partial charge is 0.496 e. The maximum absolute atomic E-state index is 12.1. The lowest BCUT2D eigenvalue weighted by molar-refractivity contribution is 0.0947. The summed E-state index contributed by atoms with van der Waals surface area (Å²) in [5, 5.41) is 2.86. The lowest BCUT2D eigenvalue weighted by atomic mass is 10.1. The van der Waals surface area contributed by atoms with Crippen LogP contribution in [0.4, 0.5) is 0 Å². The van der Waals surface area contributed by atoms with E-state index >= 15 is 0 Å². The zero-order chi connectivity index (χ0) is 17.4. The lowest BCUT2D eigenvalue weighted by Gasteiger charge is -2.10. The number of aryl methyl sites for hydroxylation is 2. The van der Waals surface area contributed by atoms with Crippen LogP contribution in [0.1, 0.15) is 34.8 Å². The van der Waals surface area contributed by atoms with Crippen LogP contribution in [-0.4, -0.2) is 26.2 Å². The van der Waals surface area contributed by atoms with Crippen molar-refractivity contribution in [3.8, 4) is 11.5 Å². The van der Waals surface area contributed by atoms with Crippen molar-refractivity contribution >= 4 is 5.91 Å². The van der Waals surface area contributed by atoms with E-state index in [1.807, 2.05) is 25.1 Å². The van der Waals surface area contributed by atoms with Crippen LogP contribution in [-0.2, 0) is 6.42 Å². The molecule has 0 atom stereocenters. The van der Waals surface area contributed by atoms with Gasteiger partial charge in [-0.15, -0.1) is 0 Å². The Morgan fingerprint density at radius 1 is 1.12 bits per heavy atom. The molecule has 0 unspecified atom stereocenters. The number of benzene rings is 2. The van der Waals surface area contributed by atoms with Gasteiger partial charge in [-0.2, -0.15) is 0 Å². The molecule has 0 aliphatic carbocycles. The number of nitrogens with one attached hydrogen (secondary N) is 1. The van der Waals surface area contributed by atoms with Crippen molar-refractivity contribution in [3.63, 3.8) is 0 Å². The summed E-state index contributed by atoms with van der Waals surface area (Å²) in [6.07, 6.45) is 2.22. The van der Waals surface area contributed by atoms with Crippen molar-refractivity contribution in [2.45, 2.75) is 26.7 Å². The Morgan fingerprint density at radius 2 is 1.88 bits per heavy atom. The molecular weight excluding hydrogens is 302 g/mol. The Balaban J connectivity index is 1.77. The third-order valence-electron chi connectivity index (χ3n) is 3.78. The smallest absolute Gasteiger partial charge is 0.251 e. The minimum absolute atomic E-state index is 0.109. The van der Waals surface area contributed by atoms with Gasteiger partial charge in [0.2, 0.25) is 0 Å². The Hall–Kier alpha value is -2.49. The van der Waals surface area contributed by atoms with Crippen LogP contribution in [0, 0.1) is 6.92 Å². The van der Waals surface area contributed by atoms with E-state index in [1.54, 1.807) is 19.2 Å². The molecule has 0 radical (unpaired) electrons. The van der Waals surface area contributed by atoms with Gasteiger partial charge in [0.05, 0.1) is 13.7 Å². The van der Waals surface area contributed by atoms with E-state index in [4.69, 9.17) is 9.47 Å². The van der Waals surface area contributed by atoms with Gasteiger partial charge in [0.25, 0.3) is 5.91 Å². The molecular formula is C20H25NO3. The van der Waals surface area contributed by atoms with Crippen molar-refractivity contribution in [2.75, 3.05) is 20.3 Å². The molecule has 1 N–H and O–H groups in total. The molecule has 0 aliphatic heterocycles. The summed E-state index contributed by atoms with van der Waals surface area (Å²) >= 11 is 0. The maximum Gasteiger partial charge on any atom is 0.251 e. The molecule has 4 heteroatoms. The molecule has 0 spiro atoms. The van der Waals surface area contributed by atoms with Crippen molar-refractivity contribution in [1.29, 1.82) is 0 Å². The van der Waals surface area contributed by atoms with Crippen LogP contribution < -0.4 is 14.8 Å². The number of hydrogen-bond acceptors (Lipinski definition) is 3. The van der Waals surface area contributed by atoms with E-state index < -0.39 is 0 Å². The second kappa shape index (κ2) is 8.96. The van der Waals surface area contributed by atoms with Gasteiger partial charge in [-0.1, -0.05) is 25.5 Å². The average molecular weight is 327 g/mol. The fourth-order valence-electron chi connectivity index (χ4n) is 2.50. The van der Waals surface area contributed by atoms with Crippen LogP contribution in [0.15, 0.2) is 42.5 Å². The number of carbonyl (C=O) groups excluding carboxylic acids is 1. The summed E-state index contributed by atoms with van der Waals surface area (Å²) < 4.78 is 10.9. The van der Waals surface area contributed by atoms with Gasteiger partial charge < -0.3 is 14.8 Å². The molecule has 0 saturated heterocycles. The normalized spacial score (nSPS) is 10.3. The highest BCUT2D eigenvalue weighted by Crippen LogP contribution is 2.18. The Morgan fingerprint density at radius 3 is 2.50 bits per heavy atom. The van der Waals surface area contributed by atoms with Gasteiger partial charge in [0.15, 0.2) is 0 Å². The molecule has 128 valence electrons. The molecule has 0 aromatic heterocycles. The van der Waals surface area contributed by atoms with E-state index in [-0.39, 0.29) is 5.91 Å². The maximum atomic E-state index is 12.1. The van der Waals surface area contributed by atoms with E-state index in [0.29, 0.717) is 18.7 Å². The summed E-state index contributed by atoms with van der Waals surface area (Å²) in [4.78, 5) is 12.1.